The number of carbonyl (C=O) groups excluding carboxylic acids is 1. The van der Waals surface area contributed by atoms with Gasteiger partial charge < -0.3 is 19.5 Å². The zero-order valence-electron chi connectivity index (χ0n) is 14.1. The second-order valence-corrected chi connectivity index (χ2v) is 5.41. The number of para-hydroxylation sites is 1. The van der Waals surface area contributed by atoms with Gasteiger partial charge in [0.15, 0.2) is 0 Å². The average Bonchev–Trinajstić information content (AvgIpc) is 2.64. The lowest BCUT2D eigenvalue weighted by atomic mass is 10.1. The Morgan fingerprint density at radius 1 is 1.04 bits per heavy atom. The lowest BCUT2D eigenvalue weighted by Gasteiger charge is -2.20. The van der Waals surface area contributed by atoms with Crippen molar-refractivity contribution in [3.05, 3.63) is 65.7 Å². The molecule has 2 aromatic rings. The summed E-state index contributed by atoms with van der Waals surface area (Å²) in [7, 11) is 1.50. The van der Waals surface area contributed by atoms with Crippen LogP contribution in [-0.2, 0) is 16.1 Å². The number of methoxy groups -OCH3 is 1. The SMILES string of the molecule is COCCN(CC(=O)O)C(=O)c1ccc(COc2ccccc2)cc1. The Morgan fingerprint density at radius 2 is 1.72 bits per heavy atom. The molecule has 0 unspecified atom stereocenters. The molecule has 0 bridgehead atoms. The molecule has 132 valence electrons. The highest BCUT2D eigenvalue weighted by atomic mass is 16.5. The highest BCUT2D eigenvalue weighted by molar-refractivity contribution is 5.95. The molecule has 0 spiro atoms. The number of nitrogens with zero attached hydrogens (tertiary/aromatic N) is 1. The number of amides is 1. The van der Waals surface area contributed by atoms with Crippen LogP contribution in [0.1, 0.15) is 15.9 Å². The minimum absolute atomic E-state index is 0.223. The third-order valence-corrected chi connectivity index (χ3v) is 3.53. The zero-order valence-corrected chi connectivity index (χ0v) is 14.1. The van der Waals surface area contributed by atoms with Gasteiger partial charge >= 0.3 is 5.97 Å². The van der Waals surface area contributed by atoms with E-state index in [9.17, 15) is 9.59 Å². The van der Waals surface area contributed by atoms with Crippen molar-refractivity contribution >= 4 is 11.9 Å². The predicted octanol–water partition coefficient (Wildman–Crippen LogP) is 2.44. The molecule has 6 heteroatoms. The second kappa shape index (κ2) is 9.44. The smallest absolute Gasteiger partial charge is 0.323 e. The average molecular weight is 343 g/mol. The maximum Gasteiger partial charge on any atom is 0.323 e. The molecule has 0 fully saturated rings. The van der Waals surface area contributed by atoms with E-state index in [1.54, 1.807) is 24.3 Å². The van der Waals surface area contributed by atoms with Crippen molar-refractivity contribution in [3.8, 4) is 5.75 Å². The third kappa shape index (κ3) is 5.93. The third-order valence-electron chi connectivity index (χ3n) is 3.53. The number of carboxylic acid groups (broad SMARTS) is 1. The highest BCUT2D eigenvalue weighted by Gasteiger charge is 2.18. The summed E-state index contributed by atoms with van der Waals surface area (Å²) in [6, 6.07) is 16.4. The van der Waals surface area contributed by atoms with Gasteiger partial charge in [0.2, 0.25) is 0 Å². The minimum Gasteiger partial charge on any atom is -0.489 e. The van der Waals surface area contributed by atoms with Crippen molar-refractivity contribution < 1.29 is 24.2 Å². The number of hydrogen-bond donors (Lipinski definition) is 1. The molecule has 2 rings (SSSR count). The number of ether oxygens (including phenoxy) is 2. The van der Waals surface area contributed by atoms with E-state index in [0.717, 1.165) is 11.3 Å². The molecule has 1 amide bonds. The number of carbonyl (C=O) groups is 2. The van der Waals surface area contributed by atoms with Gasteiger partial charge in [-0.2, -0.15) is 0 Å². The van der Waals surface area contributed by atoms with Crippen molar-refractivity contribution in [2.24, 2.45) is 0 Å². The number of carboxylic acids is 1. The van der Waals surface area contributed by atoms with Crippen molar-refractivity contribution in [3.63, 3.8) is 0 Å². The molecule has 0 saturated carbocycles. The van der Waals surface area contributed by atoms with Crippen molar-refractivity contribution in [1.82, 2.24) is 4.90 Å². The van der Waals surface area contributed by atoms with Crippen LogP contribution in [0, 0.1) is 0 Å². The molecule has 25 heavy (non-hydrogen) atoms. The van der Waals surface area contributed by atoms with Crippen LogP contribution in [0.5, 0.6) is 5.75 Å². The van der Waals surface area contributed by atoms with E-state index in [1.165, 1.54) is 12.0 Å². The molecular formula is C19H21NO5. The van der Waals surface area contributed by atoms with E-state index in [4.69, 9.17) is 14.6 Å². The number of aliphatic carboxylic acids is 1. The van der Waals surface area contributed by atoms with Gasteiger partial charge in [0.05, 0.1) is 6.61 Å². The summed E-state index contributed by atoms with van der Waals surface area (Å²) in [5, 5.41) is 8.95. The van der Waals surface area contributed by atoms with Gasteiger partial charge in [-0.25, -0.2) is 0 Å². The molecule has 0 radical (unpaired) electrons. The maximum atomic E-state index is 12.5. The fourth-order valence-electron chi connectivity index (χ4n) is 2.23. The molecule has 0 saturated heterocycles. The van der Waals surface area contributed by atoms with Crippen LogP contribution in [0.15, 0.2) is 54.6 Å². The molecule has 2 aromatic carbocycles. The minimum atomic E-state index is -1.06. The molecular weight excluding hydrogens is 322 g/mol. The normalized spacial score (nSPS) is 10.3. The summed E-state index contributed by atoms with van der Waals surface area (Å²) in [6.07, 6.45) is 0. The van der Waals surface area contributed by atoms with Crippen LogP contribution in [0.25, 0.3) is 0 Å². The van der Waals surface area contributed by atoms with Crippen LogP contribution in [0.2, 0.25) is 0 Å². The number of benzene rings is 2. The van der Waals surface area contributed by atoms with E-state index in [0.29, 0.717) is 12.2 Å². The first-order valence-electron chi connectivity index (χ1n) is 7.87. The van der Waals surface area contributed by atoms with Crippen molar-refractivity contribution in [2.75, 3.05) is 26.8 Å². The Morgan fingerprint density at radius 3 is 2.32 bits per heavy atom. The fraction of sp³-hybridized carbons (Fsp3) is 0.263. The highest BCUT2D eigenvalue weighted by Crippen LogP contribution is 2.13. The number of hydrogen-bond acceptors (Lipinski definition) is 4. The maximum absolute atomic E-state index is 12.5. The molecule has 0 aliphatic carbocycles. The van der Waals surface area contributed by atoms with E-state index in [2.05, 4.69) is 0 Å². The Hall–Kier alpha value is -2.86. The van der Waals surface area contributed by atoms with Crippen LogP contribution < -0.4 is 4.74 Å². The van der Waals surface area contributed by atoms with Gasteiger partial charge in [-0.15, -0.1) is 0 Å². The molecule has 0 aliphatic heterocycles. The van der Waals surface area contributed by atoms with E-state index < -0.39 is 5.97 Å². The van der Waals surface area contributed by atoms with Gasteiger partial charge in [0, 0.05) is 19.2 Å². The first-order chi connectivity index (χ1) is 12.1. The Balaban J connectivity index is 1.99. The van der Waals surface area contributed by atoms with Crippen molar-refractivity contribution in [1.29, 1.82) is 0 Å². The fourth-order valence-corrected chi connectivity index (χ4v) is 2.23. The quantitative estimate of drug-likeness (QED) is 0.757. The molecule has 0 aliphatic rings. The Labute approximate surface area is 146 Å². The topological polar surface area (TPSA) is 76.1 Å². The van der Waals surface area contributed by atoms with E-state index in [-0.39, 0.29) is 25.6 Å². The molecule has 0 heterocycles. The summed E-state index contributed by atoms with van der Waals surface area (Å²) < 4.78 is 10.6. The molecule has 1 N–H and O–H groups in total. The van der Waals surface area contributed by atoms with E-state index in [1.807, 2.05) is 30.3 Å². The van der Waals surface area contributed by atoms with Crippen molar-refractivity contribution in [2.45, 2.75) is 6.61 Å². The monoisotopic (exact) mass is 343 g/mol. The summed E-state index contributed by atoms with van der Waals surface area (Å²) in [4.78, 5) is 24.6. The summed E-state index contributed by atoms with van der Waals surface area (Å²) >= 11 is 0. The van der Waals surface area contributed by atoms with Crippen LogP contribution in [0.3, 0.4) is 0 Å². The van der Waals surface area contributed by atoms with Gasteiger partial charge in [-0.3, -0.25) is 9.59 Å². The summed E-state index contributed by atoms with van der Waals surface area (Å²) in [6.45, 7) is 0.532. The zero-order chi connectivity index (χ0) is 18.1. The lowest BCUT2D eigenvalue weighted by Crippen LogP contribution is -2.38. The number of rotatable bonds is 9. The second-order valence-electron chi connectivity index (χ2n) is 5.41. The molecule has 0 aromatic heterocycles. The van der Waals surface area contributed by atoms with Crippen LogP contribution in [-0.4, -0.2) is 48.7 Å². The standard InChI is InChI=1S/C19H21NO5/c1-24-12-11-20(13-18(21)22)19(23)16-9-7-15(8-10-16)14-25-17-5-3-2-4-6-17/h2-10H,11-14H2,1H3,(H,21,22). The molecule has 0 atom stereocenters. The first-order valence-corrected chi connectivity index (χ1v) is 7.87. The predicted molar refractivity (Wildman–Crippen MR) is 92.6 cm³/mol. The largest absolute Gasteiger partial charge is 0.489 e. The Bertz CT molecular complexity index is 685. The lowest BCUT2D eigenvalue weighted by molar-refractivity contribution is -0.137. The van der Waals surface area contributed by atoms with Crippen LogP contribution in [0.4, 0.5) is 0 Å². The van der Waals surface area contributed by atoms with Gasteiger partial charge in [0.25, 0.3) is 5.91 Å². The van der Waals surface area contributed by atoms with Gasteiger partial charge in [-0.05, 0) is 29.8 Å². The Kier molecular flexibility index (Phi) is 6.98. The van der Waals surface area contributed by atoms with Crippen LogP contribution >= 0.6 is 0 Å². The first kappa shape index (κ1) is 18.5. The summed E-state index contributed by atoms with van der Waals surface area (Å²) in [5.41, 5.74) is 1.35. The van der Waals surface area contributed by atoms with Gasteiger partial charge in [0.1, 0.15) is 18.9 Å². The van der Waals surface area contributed by atoms with Gasteiger partial charge in [-0.1, -0.05) is 30.3 Å². The van der Waals surface area contributed by atoms with E-state index >= 15 is 0 Å². The summed E-state index contributed by atoms with van der Waals surface area (Å²) in [5.74, 6) is -0.623. The molecule has 6 nitrogen and oxygen atoms in total.